The van der Waals surface area contributed by atoms with Crippen molar-refractivity contribution >= 4 is 28.3 Å². The monoisotopic (exact) mass is 210 g/mol. The van der Waals surface area contributed by atoms with Gasteiger partial charge in [0.05, 0.1) is 0 Å². The second kappa shape index (κ2) is 3.69. The third-order valence-corrected chi connectivity index (χ3v) is 1.42. The predicted octanol–water partition coefficient (Wildman–Crippen LogP) is 1.40. The van der Waals surface area contributed by atoms with Crippen molar-refractivity contribution < 1.29 is 9.94 Å². The van der Waals surface area contributed by atoms with Crippen molar-refractivity contribution in [2.75, 3.05) is 0 Å². The number of nitrogens with zero attached hydrogens (tertiary/aromatic N) is 1. The molecule has 1 aromatic heterocycles. The summed E-state index contributed by atoms with van der Waals surface area (Å²) in [5, 5.41) is 8.79. The molecule has 1 heterocycles. The van der Waals surface area contributed by atoms with Crippen LogP contribution < -0.4 is 4.73 Å². The molecule has 0 saturated carbocycles. The molecule has 0 atom stereocenters. The molecule has 0 aliphatic heterocycles. The van der Waals surface area contributed by atoms with Crippen LogP contribution in [0.1, 0.15) is 0 Å². The Morgan fingerprint density at radius 3 is 2.44 bits per heavy atom. The van der Waals surface area contributed by atoms with Crippen LogP contribution in [0.25, 0.3) is 0 Å². The van der Waals surface area contributed by atoms with Crippen molar-refractivity contribution in [1.29, 1.82) is 0 Å². The van der Waals surface area contributed by atoms with E-state index in [0.717, 1.165) is 4.73 Å². The summed E-state index contributed by atoms with van der Waals surface area (Å²) in [6, 6.07) is 5.32. The molecule has 4 heteroatoms. The molecule has 0 spiro atoms. The predicted molar refractivity (Wildman–Crippen MR) is 38.8 cm³/mol. The third-order valence-electron chi connectivity index (χ3n) is 0.791. The Morgan fingerprint density at radius 2 is 2.11 bits per heavy atom. The van der Waals surface area contributed by atoms with Crippen LogP contribution in [-0.4, -0.2) is 5.21 Å². The highest BCUT2D eigenvalue weighted by Gasteiger charge is 1.98. The fourth-order valence-electron chi connectivity index (χ4n) is 0.414. The standard InChI is InChI=1S/C5H5BrNO.ClH/c6-5-3-1-2-4-7(5)8;/h1-4,8H;1H/q+1;. The highest BCUT2D eigenvalue weighted by atomic mass is 79.9. The van der Waals surface area contributed by atoms with Crippen LogP contribution in [0.15, 0.2) is 29.0 Å². The summed E-state index contributed by atoms with van der Waals surface area (Å²) >= 11 is 3.11. The Kier molecular flexibility index (Phi) is 3.58. The molecule has 0 radical (unpaired) electrons. The second-order valence-corrected chi connectivity index (χ2v) is 2.18. The number of rotatable bonds is 0. The van der Waals surface area contributed by atoms with Crippen LogP contribution >= 0.6 is 28.3 Å². The van der Waals surface area contributed by atoms with Crippen molar-refractivity contribution in [2.45, 2.75) is 0 Å². The zero-order valence-corrected chi connectivity index (χ0v) is 6.89. The lowest BCUT2D eigenvalue weighted by Crippen LogP contribution is -2.30. The summed E-state index contributed by atoms with van der Waals surface area (Å²) in [4.78, 5) is 0. The molecule has 0 unspecified atom stereocenters. The van der Waals surface area contributed by atoms with Crippen LogP contribution in [0.5, 0.6) is 0 Å². The maximum atomic E-state index is 8.79. The van der Waals surface area contributed by atoms with E-state index in [4.69, 9.17) is 5.21 Å². The zero-order chi connectivity index (χ0) is 5.98. The van der Waals surface area contributed by atoms with Gasteiger partial charge < -0.3 is 0 Å². The number of hydrogen-bond acceptors (Lipinski definition) is 1. The van der Waals surface area contributed by atoms with Gasteiger partial charge in [-0.25, -0.2) is 0 Å². The number of aromatic nitrogens is 1. The summed E-state index contributed by atoms with van der Waals surface area (Å²) in [7, 11) is 0. The summed E-state index contributed by atoms with van der Waals surface area (Å²) in [5.74, 6) is 0. The lowest BCUT2D eigenvalue weighted by atomic mass is 10.5. The lowest BCUT2D eigenvalue weighted by molar-refractivity contribution is -0.913. The first kappa shape index (κ1) is 8.72. The van der Waals surface area contributed by atoms with Gasteiger partial charge in [-0.1, -0.05) is 0 Å². The van der Waals surface area contributed by atoms with Crippen LogP contribution in [0.4, 0.5) is 0 Å². The van der Waals surface area contributed by atoms with Crippen LogP contribution in [0.3, 0.4) is 0 Å². The van der Waals surface area contributed by atoms with E-state index in [1.54, 1.807) is 18.3 Å². The Hall–Kier alpha value is -0.280. The first-order valence-corrected chi connectivity index (χ1v) is 2.95. The molecule has 0 amide bonds. The number of halogens is 2. The molecule has 1 rings (SSSR count). The second-order valence-electron chi connectivity index (χ2n) is 1.37. The van der Waals surface area contributed by atoms with Gasteiger partial charge in [0.15, 0.2) is 0 Å². The van der Waals surface area contributed by atoms with E-state index in [1.807, 2.05) is 6.07 Å². The Morgan fingerprint density at radius 1 is 1.44 bits per heavy atom. The highest BCUT2D eigenvalue weighted by molar-refractivity contribution is 9.10. The molecule has 1 N–H and O–H groups in total. The van der Waals surface area contributed by atoms with E-state index < -0.39 is 0 Å². The smallest absolute Gasteiger partial charge is 0.284 e. The summed E-state index contributed by atoms with van der Waals surface area (Å²) in [6.45, 7) is 0. The van der Waals surface area contributed by atoms with Crippen LogP contribution in [0.2, 0.25) is 0 Å². The minimum absolute atomic E-state index is 0. The van der Waals surface area contributed by atoms with Crippen molar-refractivity contribution in [2.24, 2.45) is 0 Å². The average Bonchev–Trinajstić information content (AvgIpc) is 1.77. The minimum atomic E-state index is 0. The SMILES string of the molecule is Cl.O[n+]1ccccc1Br. The van der Waals surface area contributed by atoms with E-state index in [9.17, 15) is 0 Å². The van der Waals surface area contributed by atoms with Crippen LogP contribution in [-0.2, 0) is 0 Å². The Bertz CT molecular complexity index is 173. The Balaban J connectivity index is 0.000000640. The summed E-state index contributed by atoms with van der Waals surface area (Å²) in [6.07, 6.45) is 1.55. The molecule has 0 bridgehead atoms. The first-order chi connectivity index (χ1) is 3.80. The molecule has 0 fully saturated rings. The van der Waals surface area contributed by atoms with Gasteiger partial charge in [-0.2, -0.15) is 0 Å². The van der Waals surface area contributed by atoms with Crippen molar-refractivity contribution in [1.82, 2.24) is 0 Å². The van der Waals surface area contributed by atoms with Crippen molar-refractivity contribution in [3.63, 3.8) is 0 Å². The van der Waals surface area contributed by atoms with Gasteiger partial charge in [0.2, 0.25) is 6.20 Å². The van der Waals surface area contributed by atoms with Gasteiger partial charge in [0.25, 0.3) is 4.60 Å². The average molecular weight is 211 g/mol. The molecule has 1 aromatic rings. The normalized spacial score (nSPS) is 8.11. The van der Waals surface area contributed by atoms with Gasteiger partial charge in [-0.15, -0.1) is 12.4 Å². The number of hydrogen-bond donors (Lipinski definition) is 1. The van der Waals surface area contributed by atoms with Crippen molar-refractivity contribution in [3.8, 4) is 0 Å². The molecule has 2 nitrogen and oxygen atoms in total. The summed E-state index contributed by atoms with van der Waals surface area (Å²) < 4.78 is 1.65. The van der Waals surface area contributed by atoms with E-state index >= 15 is 0 Å². The first-order valence-electron chi connectivity index (χ1n) is 2.16. The van der Waals surface area contributed by atoms with Gasteiger partial charge in [0, 0.05) is 32.8 Å². The van der Waals surface area contributed by atoms with E-state index in [0.29, 0.717) is 4.60 Å². The summed E-state index contributed by atoms with van der Waals surface area (Å²) in [5.41, 5.74) is 0. The molecular weight excluding hydrogens is 205 g/mol. The highest BCUT2D eigenvalue weighted by Crippen LogP contribution is 1.97. The van der Waals surface area contributed by atoms with Gasteiger partial charge in [-0.05, 0) is 6.07 Å². The molecule has 0 aliphatic carbocycles. The zero-order valence-electron chi connectivity index (χ0n) is 4.49. The van der Waals surface area contributed by atoms with E-state index in [1.165, 1.54) is 0 Å². The topological polar surface area (TPSA) is 24.1 Å². The van der Waals surface area contributed by atoms with Gasteiger partial charge in [0.1, 0.15) is 0 Å². The molecule has 0 saturated heterocycles. The molecule has 50 valence electrons. The number of pyridine rings is 1. The fourth-order valence-corrected chi connectivity index (χ4v) is 0.685. The van der Waals surface area contributed by atoms with Crippen molar-refractivity contribution in [3.05, 3.63) is 29.0 Å². The van der Waals surface area contributed by atoms with Gasteiger partial charge >= 0.3 is 0 Å². The van der Waals surface area contributed by atoms with E-state index in [-0.39, 0.29) is 12.4 Å². The molecule has 0 aromatic carbocycles. The lowest BCUT2D eigenvalue weighted by Gasteiger charge is -1.81. The maximum absolute atomic E-state index is 8.79. The fraction of sp³-hybridized carbons (Fsp3) is 0. The molecule has 0 aliphatic rings. The largest absolute Gasteiger partial charge is 0.298 e. The molecule has 9 heavy (non-hydrogen) atoms. The van der Waals surface area contributed by atoms with Gasteiger partial charge in [-0.3, -0.25) is 5.21 Å². The quantitative estimate of drug-likeness (QED) is 0.391. The minimum Gasteiger partial charge on any atom is -0.284 e. The van der Waals surface area contributed by atoms with E-state index in [2.05, 4.69) is 15.9 Å². The van der Waals surface area contributed by atoms with Crippen LogP contribution in [0, 0.1) is 0 Å². The molecular formula is C5H6BrClNO+. The third kappa shape index (κ3) is 2.20. The Labute approximate surface area is 67.6 Å². The maximum Gasteiger partial charge on any atom is 0.298 e.